The Balaban J connectivity index is 1.74. The molecule has 2 aromatic heterocycles. The molecule has 0 bridgehead atoms. The average Bonchev–Trinajstić information content (AvgIpc) is 3.31. The van der Waals surface area contributed by atoms with Crippen LogP contribution in [0.15, 0.2) is 87.9 Å². The molecule has 4 heteroatoms. The van der Waals surface area contributed by atoms with Gasteiger partial charge in [0.05, 0.1) is 6.26 Å². The lowest BCUT2D eigenvalue weighted by atomic mass is 9.35. The standard InChI is InChI=1S/C23H16BNO2/c1-25-19-11-5-4-10-17(19)24(18-14-26-20-12-6-2-8-15(18)20)22-16-9-3-7-13-21(16)27-23(22)25/h2-14H,1H3. The first-order valence-electron chi connectivity index (χ1n) is 9.13. The van der Waals surface area contributed by atoms with E-state index in [1.165, 1.54) is 22.1 Å². The van der Waals surface area contributed by atoms with E-state index in [2.05, 4.69) is 60.5 Å². The van der Waals surface area contributed by atoms with Crippen molar-refractivity contribution in [2.45, 2.75) is 0 Å². The average molecular weight is 349 g/mol. The van der Waals surface area contributed by atoms with E-state index in [4.69, 9.17) is 8.83 Å². The molecule has 0 spiro atoms. The summed E-state index contributed by atoms with van der Waals surface area (Å²) < 4.78 is 12.2. The fourth-order valence-corrected chi connectivity index (χ4v) is 4.43. The number of hydrogen-bond acceptors (Lipinski definition) is 3. The molecule has 0 fully saturated rings. The molecule has 0 saturated carbocycles. The van der Waals surface area contributed by atoms with Gasteiger partial charge in [-0.2, -0.15) is 0 Å². The SMILES string of the molecule is CN1c2ccccc2B(c2coc3ccccc23)c2c1oc1ccccc21. The lowest BCUT2D eigenvalue weighted by molar-refractivity contribution is 0.617. The number of rotatable bonds is 1. The predicted molar refractivity (Wildman–Crippen MR) is 112 cm³/mol. The zero-order chi connectivity index (χ0) is 18.0. The molecule has 27 heavy (non-hydrogen) atoms. The Bertz CT molecular complexity index is 1320. The maximum Gasteiger partial charge on any atom is 0.256 e. The molecule has 6 rings (SSSR count). The molecule has 3 heterocycles. The summed E-state index contributed by atoms with van der Waals surface area (Å²) in [5, 5.41) is 2.31. The third-order valence-corrected chi connectivity index (χ3v) is 5.64. The van der Waals surface area contributed by atoms with E-state index in [-0.39, 0.29) is 6.71 Å². The second-order valence-electron chi connectivity index (χ2n) is 7.06. The van der Waals surface area contributed by atoms with E-state index in [0.29, 0.717) is 0 Å². The molecule has 1 aliphatic rings. The van der Waals surface area contributed by atoms with Gasteiger partial charge in [-0.15, -0.1) is 0 Å². The Labute approximate surface area is 156 Å². The van der Waals surface area contributed by atoms with Crippen LogP contribution in [-0.2, 0) is 0 Å². The fourth-order valence-electron chi connectivity index (χ4n) is 4.43. The molecule has 0 saturated heterocycles. The molecular formula is C23H16BNO2. The zero-order valence-corrected chi connectivity index (χ0v) is 14.8. The molecule has 128 valence electrons. The Hall–Kier alpha value is -3.40. The molecule has 3 aromatic carbocycles. The zero-order valence-electron chi connectivity index (χ0n) is 14.8. The van der Waals surface area contributed by atoms with Gasteiger partial charge >= 0.3 is 0 Å². The van der Waals surface area contributed by atoms with Crippen LogP contribution < -0.4 is 21.3 Å². The van der Waals surface area contributed by atoms with Crippen LogP contribution in [0.3, 0.4) is 0 Å². The summed E-state index contributed by atoms with van der Waals surface area (Å²) in [5.74, 6) is 0.908. The van der Waals surface area contributed by atoms with Gasteiger partial charge in [0.15, 0.2) is 5.88 Å². The Kier molecular flexibility index (Phi) is 2.90. The molecule has 3 nitrogen and oxygen atoms in total. The van der Waals surface area contributed by atoms with Crippen molar-refractivity contribution in [2.75, 3.05) is 11.9 Å². The molecule has 0 aliphatic carbocycles. The van der Waals surface area contributed by atoms with Gasteiger partial charge in [0.1, 0.15) is 11.2 Å². The van der Waals surface area contributed by atoms with Crippen molar-refractivity contribution in [3.8, 4) is 0 Å². The minimum Gasteiger partial charge on any atom is -0.465 e. The highest BCUT2D eigenvalue weighted by atomic mass is 16.4. The van der Waals surface area contributed by atoms with Crippen molar-refractivity contribution in [2.24, 2.45) is 0 Å². The first-order chi connectivity index (χ1) is 13.3. The van der Waals surface area contributed by atoms with Crippen LogP contribution in [0.2, 0.25) is 0 Å². The van der Waals surface area contributed by atoms with Crippen molar-refractivity contribution in [1.82, 2.24) is 0 Å². The van der Waals surface area contributed by atoms with Crippen LogP contribution in [-0.4, -0.2) is 13.8 Å². The lowest BCUT2D eigenvalue weighted by Gasteiger charge is -2.30. The minimum atomic E-state index is 0.0692. The Morgan fingerprint density at radius 1 is 0.741 bits per heavy atom. The topological polar surface area (TPSA) is 29.5 Å². The lowest BCUT2D eigenvalue weighted by Crippen LogP contribution is -2.56. The highest BCUT2D eigenvalue weighted by molar-refractivity contribution is 7.00. The van der Waals surface area contributed by atoms with E-state index in [0.717, 1.165) is 27.8 Å². The smallest absolute Gasteiger partial charge is 0.256 e. The summed E-state index contributed by atoms with van der Waals surface area (Å²) >= 11 is 0. The van der Waals surface area contributed by atoms with Crippen LogP contribution in [0.5, 0.6) is 0 Å². The largest absolute Gasteiger partial charge is 0.465 e. The van der Waals surface area contributed by atoms with Crippen LogP contribution in [0.25, 0.3) is 21.9 Å². The number of para-hydroxylation sites is 3. The number of benzene rings is 3. The van der Waals surface area contributed by atoms with Crippen molar-refractivity contribution >= 4 is 56.6 Å². The number of furan rings is 2. The third-order valence-electron chi connectivity index (χ3n) is 5.64. The van der Waals surface area contributed by atoms with Crippen LogP contribution >= 0.6 is 0 Å². The van der Waals surface area contributed by atoms with Crippen molar-refractivity contribution in [1.29, 1.82) is 0 Å². The van der Waals surface area contributed by atoms with Gasteiger partial charge < -0.3 is 13.7 Å². The van der Waals surface area contributed by atoms with E-state index >= 15 is 0 Å². The van der Waals surface area contributed by atoms with Gasteiger partial charge in [0, 0.05) is 29.0 Å². The van der Waals surface area contributed by atoms with Gasteiger partial charge in [-0.05, 0) is 29.1 Å². The van der Waals surface area contributed by atoms with Gasteiger partial charge in [0.2, 0.25) is 0 Å². The van der Waals surface area contributed by atoms with Gasteiger partial charge in [-0.3, -0.25) is 0 Å². The summed E-state index contributed by atoms with van der Waals surface area (Å²) in [6, 6.07) is 25.1. The molecule has 0 atom stereocenters. The first-order valence-corrected chi connectivity index (χ1v) is 9.13. The summed E-state index contributed by atoms with van der Waals surface area (Å²) in [6.07, 6.45) is 1.91. The molecule has 0 unspecified atom stereocenters. The van der Waals surface area contributed by atoms with Gasteiger partial charge in [0.25, 0.3) is 6.71 Å². The normalized spacial score (nSPS) is 13.2. The van der Waals surface area contributed by atoms with E-state index < -0.39 is 0 Å². The number of anilines is 2. The van der Waals surface area contributed by atoms with E-state index in [1.807, 2.05) is 30.5 Å². The van der Waals surface area contributed by atoms with Crippen molar-refractivity contribution < 1.29 is 8.83 Å². The highest BCUT2D eigenvalue weighted by Gasteiger charge is 2.38. The van der Waals surface area contributed by atoms with Crippen LogP contribution in [0, 0.1) is 0 Å². The fraction of sp³-hybridized carbons (Fsp3) is 0.0435. The highest BCUT2D eigenvalue weighted by Crippen LogP contribution is 2.32. The van der Waals surface area contributed by atoms with E-state index in [9.17, 15) is 0 Å². The minimum absolute atomic E-state index is 0.0692. The second kappa shape index (κ2) is 5.30. The molecule has 5 aromatic rings. The third kappa shape index (κ3) is 1.93. The number of hydrogen-bond donors (Lipinski definition) is 0. The quantitative estimate of drug-likeness (QED) is 0.432. The van der Waals surface area contributed by atoms with Crippen LogP contribution in [0.1, 0.15) is 0 Å². The summed E-state index contributed by atoms with van der Waals surface area (Å²) in [4.78, 5) is 2.16. The van der Waals surface area contributed by atoms with Crippen LogP contribution in [0.4, 0.5) is 11.6 Å². The number of fused-ring (bicyclic) bond motifs is 5. The van der Waals surface area contributed by atoms with Crippen molar-refractivity contribution in [3.63, 3.8) is 0 Å². The van der Waals surface area contributed by atoms with Crippen molar-refractivity contribution in [3.05, 3.63) is 79.1 Å². The molecule has 0 amide bonds. The second-order valence-corrected chi connectivity index (χ2v) is 7.06. The number of nitrogens with zero attached hydrogens (tertiary/aromatic N) is 1. The molecule has 0 radical (unpaired) electrons. The van der Waals surface area contributed by atoms with Gasteiger partial charge in [-0.25, -0.2) is 0 Å². The summed E-state index contributed by atoms with van der Waals surface area (Å²) in [6.45, 7) is 0.0692. The molecular weight excluding hydrogens is 333 g/mol. The first kappa shape index (κ1) is 14.7. The maximum absolute atomic E-state index is 6.30. The van der Waals surface area contributed by atoms with Gasteiger partial charge in [-0.1, -0.05) is 54.6 Å². The summed E-state index contributed by atoms with van der Waals surface area (Å²) in [5.41, 5.74) is 6.65. The maximum atomic E-state index is 6.30. The Morgan fingerprint density at radius 2 is 1.44 bits per heavy atom. The van der Waals surface area contributed by atoms with E-state index in [1.54, 1.807) is 0 Å². The predicted octanol–water partition coefficient (Wildman–Crippen LogP) is 3.78. The summed E-state index contributed by atoms with van der Waals surface area (Å²) in [7, 11) is 2.07. The Morgan fingerprint density at radius 3 is 2.33 bits per heavy atom. The molecule has 1 aliphatic heterocycles. The monoisotopic (exact) mass is 349 g/mol. The molecule has 0 N–H and O–H groups in total.